The highest BCUT2D eigenvalue weighted by Gasteiger charge is 2.43. The number of benzene rings is 1. The molecular weight excluding hydrogens is 352 g/mol. The van der Waals surface area contributed by atoms with Crippen molar-refractivity contribution in [1.29, 1.82) is 0 Å². The Kier molecular flexibility index (Phi) is 5.30. The maximum Gasteiger partial charge on any atom is 0.246 e. The third-order valence-electron chi connectivity index (χ3n) is 5.35. The van der Waals surface area contributed by atoms with Crippen molar-refractivity contribution >= 4 is 15.9 Å². The molecule has 2 heterocycles. The fraction of sp³-hybridized carbons (Fsp3) is 0.632. The molecule has 1 fully saturated rings. The van der Waals surface area contributed by atoms with Crippen LogP contribution in [0.25, 0.3) is 0 Å². The van der Waals surface area contributed by atoms with E-state index in [1.165, 1.54) is 0 Å². The van der Waals surface area contributed by atoms with Gasteiger partial charge in [-0.3, -0.25) is 4.79 Å². The van der Waals surface area contributed by atoms with Crippen molar-refractivity contribution in [2.75, 3.05) is 32.8 Å². The molecule has 1 saturated heterocycles. The number of carbonyl (C=O) groups is 1. The van der Waals surface area contributed by atoms with Crippen LogP contribution in [-0.4, -0.2) is 56.3 Å². The van der Waals surface area contributed by atoms with Gasteiger partial charge < -0.3 is 9.64 Å². The summed E-state index contributed by atoms with van der Waals surface area (Å²) in [6, 6.07) is 6.88. The van der Waals surface area contributed by atoms with Gasteiger partial charge in [-0.1, -0.05) is 26.0 Å². The molecule has 0 aliphatic carbocycles. The summed E-state index contributed by atoms with van der Waals surface area (Å²) in [5, 5.41) is 0. The van der Waals surface area contributed by atoms with E-state index in [1.807, 2.05) is 18.7 Å². The van der Waals surface area contributed by atoms with E-state index in [9.17, 15) is 13.2 Å². The van der Waals surface area contributed by atoms with Crippen LogP contribution < -0.4 is 4.74 Å². The Hall–Kier alpha value is -1.60. The summed E-state index contributed by atoms with van der Waals surface area (Å²) in [6.45, 7) is 8.33. The highest BCUT2D eigenvalue weighted by Crippen LogP contribution is 2.39. The number of carbonyl (C=O) groups excluding carboxylic acids is 1. The van der Waals surface area contributed by atoms with Gasteiger partial charge in [0.1, 0.15) is 10.6 Å². The number of amides is 1. The molecule has 2 aliphatic heterocycles. The second-order valence-electron chi connectivity index (χ2n) is 7.93. The highest BCUT2D eigenvalue weighted by atomic mass is 32.2. The molecule has 0 bridgehead atoms. The van der Waals surface area contributed by atoms with Gasteiger partial charge in [0.15, 0.2) is 0 Å². The number of hydrogen-bond donors (Lipinski definition) is 0. The molecule has 0 atom stereocenters. The Bertz CT molecular complexity index is 767. The first-order chi connectivity index (χ1) is 12.2. The van der Waals surface area contributed by atoms with E-state index < -0.39 is 10.0 Å². The van der Waals surface area contributed by atoms with Crippen LogP contribution in [0.2, 0.25) is 0 Å². The average molecular weight is 381 g/mol. The Morgan fingerprint density at radius 1 is 1.23 bits per heavy atom. The summed E-state index contributed by atoms with van der Waals surface area (Å²) in [7, 11) is -3.62. The van der Waals surface area contributed by atoms with Gasteiger partial charge in [-0.15, -0.1) is 0 Å². The van der Waals surface area contributed by atoms with Crippen molar-refractivity contribution < 1.29 is 17.9 Å². The molecule has 0 aromatic heterocycles. The molecule has 7 heteroatoms. The molecule has 144 valence electrons. The first kappa shape index (κ1) is 19.2. The first-order valence-corrected chi connectivity index (χ1v) is 10.7. The van der Waals surface area contributed by atoms with Crippen molar-refractivity contribution in [3.05, 3.63) is 24.3 Å². The van der Waals surface area contributed by atoms with Crippen LogP contribution in [0.4, 0.5) is 0 Å². The van der Waals surface area contributed by atoms with Crippen LogP contribution in [0, 0.1) is 11.3 Å². The summed E-state index contributed by atoms with van der Waals surface area (Å²) < 4.78 is 34.2. The predicted molar refractivity (Wildman–Crippen MR) is 99.5 cm³/mol. The lowest BCUT2D eigenvalue weighted by Crippen LogP contribution is -2.52. The first-order valence-electron chi connectivity index (χ1n) is 9.21. The fourth-order valence-electron chi connectivity index (χ4n) is 3.83. The Morgan fingerprint density at radius 3 is 2.50 bits per heavy atom. The summed E-state index contributed by atoms with van der Waals surface area (Å²) in [5.41, 5.74) is -0.262. The number of sulfonamides is 1. The molecule has 0 unspecified atom stereocenters. The summed E-state index contributed by atoms with van der Waals surface area (Å²) in [4.78, 5) is 13.7. The van der Waals surface area contributed by atoms with Crippen LogP contribution in [0.15, 0.2) is 29.2 Å². The minimum atomic E-state index is -3.62. The van der Waals surface area contributed by atoms with Gasteiger partial charge in [0.25, 0.3) is 0 Å². The van der Waals surface area contributed by atoms with Crippen molar-refractivity contribution in [3.8, 4) is 5.75 Å². The third-order valence-corrected chi connectivity index (χ3v) is 7.20. The zero-order valence-electron chi connectivity index (χ0n) is 15.8. The number of hydrogen-bond acceptors (Lipinski definition) is 4. The maximum absolute atomic E-state index is 13.3. The third kappa shape index (κ3) is 3.74. The number of nitrogens with zero attached hydrogens (tertiary/aromatic N) is 2. The number of ether oxygens (including phenoxy) is 1. The van der Waals surface area contributed by atoms with E-state index >= 15 is 0 Å². The van der Waals surface area contributed by atoms with Gasteiger partial charge in [-0.2, -0.15) is 4.31 Å². The van der Waals surface area contributed by atoms with Crippen LogP contribution in [0.1, 0.15) is 33.6 Å². The standard InChI is InChI=1S/C19H28N2O4S/c1-15(2)12-21-13-19(8-10-20(11-9-19)16(3)22)14-25-17-6-4-5-7-18(17)26(21,23)24/h4-7,15H,8-14H2,1-3H3. The minimum absolute atomic E-state index is 0.0728. The molecule has 1 spiro atoms. The molecule has 1 amide bonds. The number of piperidine rings is 1. The van der Waals surface area contributed by atoms with E-state index in [0.717, 1.165) is 12.8 Å². The van der Waals surface area contributed by atoms with Gasteiger partial charge in [0.2, 0.25) is 15.9 Å². The topological polar surface area (TPSA) is 66.9 Å². The van der Waals surface area contributed by atoms with Crippen LogP contribution >= 0.6 is 0 Å². The lowest BCUT2D eigenvalue weighted by atomic mass is 9.78. The Balaban J connectivity index is 1.96. The molecule has 0 radical (unpaired) electrons. The lowest BCUT2D eigenvalue weighted by molar-refractivity contribution is -0.131. The number of para-hydroxylation sites is 1. The molecule has 1 aromatic rings. The van der Waals surface area contributed by atoms with Gasteiger partial charge in [0.05, 0.1) is 6.61 Å². The molecular formula is C19H28N2O4S. The maximum atomic E-state index is 13.3. The van der Waals surface area contributed by atoms with E-state index in [-0.39, 0.29) is 22.1 Å². The summed E-state index contributed by atoms with van der Waals surface area (Å²) in [5.74, 6) is 0.726. The van der Waals surface area contributed by atoms with Crippen LogP contribution in [0.5, 0.6) is 5.75 Å². The summed E-state index contributed by atoms with van der Waals surface area (Å²) >= 11 is 0. The molecule has 1 aromatic carbocycles. The monoisotopic (exact) mass is 380 g/mol. The van der Waals surface area contributed by atoms with Gasteiger partial charge in [0, 0.05) is 38.5 Å². The molecule has 26 heavy (non-hydrogen) atoms. The average Bonchev–Trinajstić information content (AvgIpc) is 2.59. The number of rotatable bonds is 2. The largest absolute Gasteiger partial charge is 0.492 e. The normalized spacial score (nSPS) is 22.4. The van der Waals surface area contributed by atoms with Crippen LogP contribution in [0.3, 0.4) is 0 Å². The molecule has 6 nitrogen and oxygen atoms in total. The number of fused-ring (bicyclic) bond motifs is 1. The van der Waals surface area contributed by atoms with E-state index in [1.54, 1.807) is 35.5 Å². The van der Waals surface area contributed by atoms with Gasteiger partial charge in [-0.25, -0.2) is 8.42 Å². The minimum Gasteiger partial charge on any atom is -0.492 e. The lowest BCUT2D eigenvalue weighted by Gasteiger charge is -2.45. The second kappa shape index (κ2) is 7.19. The van der Waals surface area contributed by atoms with Crippen molar-refractivity contribution in [1.82, 2.24) is 9.21 Å². The molecule has 2 aliphatic rings. The highest BCUT2D eigenvalue weighted by molar-refractivity contribution is 7.89. The quantitative estimate of drug-likeness (QED) is 0.790. The Labute approximate surface area is 156 Å². The SMILES string of the molecule is CC(=O)N1CCC2(CC1)COc1ccccc1S(=O)(=O)N(CC(C)C)C2. The second-order valence-corrected chi connectivity index (χ2v) is 9.84. The zero-order valence-corrected chi connectivity index (χ0v) is 16.6. The Morgan fingerprint density at radius 2 is 1.88 bits per heavy atom. The fourth-order valence-corrected chi connectivity index (χ4v) is 5.67. The summed E-state index contributed by atoms with van der Waals surface area (Å²) in [6.07, 6.45) is 1.50. The van der Waals surface area contributed by atoms with E-state index in [2.05, 4.69) is 0 Å². The van der Waals surface area contributed by atoms with Gasteiger partial charge >= 0.3 is 0 Å². The van der Waals surface area contributed by atoms with E-state index in [0.29, 0.717) is 38.5 Å². The van der Waals surface area contributed by atoms with E-state index in [4.69, 9.17) is 4.74 Å². The van der Waals surface area contributed by atoms with Crippen molar-refractivity contribution in [2.24, 2.45) is 11.3 Å². The zero-order chi connectivity index (χ0) is 18.9. The predicted octanol–water partition coefficient (Wildman–Crippen LogP) is 2.35. The van der Waals surface area contributed by atoms with Crippen LogP contribution in [-0.2, 0) is 14.8 Å². The molecule has 0 N–H and O–H groups in total. The molecule has 0 saturated carbocycles. The van der Waals surface area contributed by atoms with Crippen molar-refractivity contribution in [3.63, 3.8) is 0 Å². The van der Waals surface area contributed by atoms with Crippen molar-refractivity contribution in [2.45, 2.75) is 38.5 Å². The smallest absolute Gasteiger partial charge is 0.246 e. The number of likely N-dealkylation sites (tertiary alicyclic amines) is 1. The van der Waals surface area contributed by atoms with Gasteiger partial charge in [-0.05, 0) is 30.9 Å². The molecule has 3 rings (SSSR count).